The Kier molecular flexibility index (Phi) is 8.44. The van der Waals surface area contributed by atoms with Gasteiger partial charge in [-0.3, -0.25) is 14.2 Å². The fourth-order valence-corrected chi connectivity index (χ4v) is 5.83. The molecular formula is C24H31N3NaO6P. The number of phosphoric ester groups is 1. The number of primary amides is 1. The number of carbonyl (C=O) groups excluding carboxylic acids is 2. The van der Waals surface area contributed by atoms with E-state index in [0.29, 0.717) is 43.4 Å². The number of anilines is 1. The molecule has 0 radical (unpaired) electrons. The standard InChI is InChI=1S/C24H32N3O6P.Na/c1-14-13-27(20-11-24(2,3)12-21(28)22(14)20)16-6-9-18(23(25)29)19(10-16)26-15-4-7-17(8-5-15)33-34(30,31)32;/h6,9-10,13,15,17,26H,4-5,7-8,11-12H2,1-3H3,(H2,25,29)(H2,30,31,32);/q;+1/p-1/t15-,17-;. The van der Waals surface area contributed by atoms with Gasteiger partial charge >= 0.3 is 29.6 Å². The normalized spacial score (nSPS) is 23.1. The number of hydrogen-bond acceptors (Lipinski definition) is 6. The minimum absolute atomic E-state index is 0. The van der Waals surface area contributed by atoms with Gasteiger partial charge in [-0.2, -0.15) is 0 Å². The van der Waals surface area contributed by atoms with Gasteiger partial charge in [0.15, 0.2) is 5.78 Å². The van der Waals surface area contributed by atoms with Crippen LogP contribution in [-0.4, -0.2) is 33.3 Å². The van der Waals surface area contributed by atoms with Gasteiger partial charge in [-0.15, -0.1) is 0 Å². The fourth-order valence-electron chi connectivity index (χ4n) is 5.25. The minimum Gasteiger partial charge on any atom is -0.756 e. The number of Topliss-reactive ketones (excluding diaryl/α,β-unsaturated/α-hetero) is 1. The number of ketones is 1. The summed E-state index contributed by atoms with van der Waals surface area (Å²) >= 11 is 0. The monoisotopic (exact) mass is 511 g/mol. The predicted molar refractivity (Wildman–Crippen MR) is 126 cm³/mol. The van der Waals surface area contributed by atoms with Crippen LogP contribution < -0.4 is 45.5 Å². The molecule has 0 saturated heterocycles. The Morgan fingerprint density at radius 1 is 1.26 bits per heavy atom. The van der Waals surface area contributed by atoms with Crippen molar-refractivity contribution in [2.75, 3.05) is 5.32 Å². The molecule has 4 N–H and O–H groups in total. The Hall–Kier alpha value is -1.45. The zero-order valence-electron chi connectivity index (χ0n) is 20.7. The summed E-state index contributed by atoms with van der Waals surface area (Å²) in [5.41, 5.74) is 9.95. The van der Waals surface area contributed by atoms with Gasteiger partial charge in [0, 0.05) is 41.3 Å². The van der Waals surface area contributed by atoms with Gasteiger partial charge < -0.3 is 29.9 Å². The maximum absolute atomic E-state index is 12.8. The quantitative estimate of drug-likeness (QED) is 0.372. The van der Waals surface area contributed by atoms with Crippen molar-refractivity contribution in [1.29, 1.82) is 0 Å². The van der Waals surface area contributed by atoms with E-state index in [2.05, 4.69) is 19.2 Å². The van der Waals surface area contributed by atoms with E-state index in [0.717, 1.165) is 28.9 Å². The van der Waals surface area contributed by atoms with Crippen molar-refractivity contribution in [3.63, 3.8) is 0 Å². The molecule has 1 aromatic heterocycles. The molecule has 1 heterocycles. The van der Waals surface area contributed by atoms with Crippen LogP contribution in [0.3, 0.4) is 0 Å². The Labute approximate surface area is 227 Å². The molecule has 0 spiro atoms. The second-order valence-electron chi connectivity index (χ2n) is 10.2. The molecule has 9 nitrogen and oxygen atoms in total. The van der Waals surface area contributed by atoms with Crippen LogP contribution in [0.15, 0.2) is 24.4 Å². The van der Waals surface area contributed by atoms with Crippen molar-refractivity contribution in [2.45, 2.75) is 71.4 Å². The first kappa shape index (κ1) is 28.1. The Bertz CT molecular complexity index is 1180. The summed E-state index contributed by atoms with van der Waals surface area (Å²) in [4.78, 5) is 44.8. The number of phosphoric acid groups is 1. The van der Waals surface area contributed by atoms with Crippen LogP contribution in [0.5, 0.6) is 0 Å². The second kappa shape index (κ2) is 10.5. The Balaban J connectivity index is 0.00000342. The van der Waals surface area contributed by atoms with Crippen molar-refractivity contribution in [3.8, 4) is 5.69 Å². The van der Waals surface area contributed by atoms with E-state index in [4.69, 9.17) is 15.2 Å². The summed E-state index contributed by atoms with van der Waals surface area (Å²) in [6.07, 6.45) is 4.81. The van der Waals surface area contributed by atoms with Crippen LogP contribution in [0, 0.1) is 12.3 Å². The number of benzene rings is 1. The molecule has 35 heavy (non-hydrogen) atoms. The topological polar surface area (TPSA) is 147 Å². The molecule has 4 rings (SSSR count). The van der Waals surface area contributed by atoms with E-state index in [1.165, 1.54) is 0 Å². The molecule has 1 unspecified atom stereocenters. The number of amides is 1. The number of nitrogens with one attached hydrogen (secondary N) is 1. The summed E-state index contributed by atoms with van der Waals surface area (Å²) < 4.78 is 17.7. The Morgan fingerprint density at radius 3 is 2.51 bits per heavy atom. The van der Waals surface area contributed by atoms with E-state index in [9.17, 15) is 19.0 Å². The van der Waals surface area contributed by atoms with Crippen LogP contribution in [0.1, 0.15) is 77.9 Å². The van der Waals surface area contributed by atoms with Gasteiger partial charge in [0.25, 0.3) is 13.7 Å². The van der Waals surface area contributed by atoms with Crippen molar-refractivity contribution in [2.24, 2.45) is 11.1 Å². The van der Waals surface area contributed by atoms with Crippen molar-refractivity contribution >= 4 is 25.2 Å². The summed E-state index contributed by atoms with van der Waals surface area (Å²) in [6.45, 7) is 6.12. The molecule has 1 saturated carbocycles. The van der Waals surface area contributed by atoms with Crippen LogP contribution in [-0.2, 0) is 15.5 Å². The van der Waals surface area contributed by atoms with Gasteiger partial charge in [0.05, 0.1) is 11.7 Å². The van der Waals surface area contributed by atoms with E-state index in [1.807, 2.05) is 29.8 Å². The van der Waals surface area contributed by atoms with Crippen LogP contribution in [0.25, 0.3) is 5.69 Å². The fraction of sp³-hybridized carbons (Fsp3) is 0.500. The number of carbonyl (C=O) groups is 2. The smallest absolute Gasteiger partial charge is 0.756 e. The van der Waals surface area contributed by atoms with Crippen LogP contribution in [0.4, 0.5) is 5.69 Å². The first-order valence-electron chi connectivity index (χ1n) is 11.5. The summed E-state index contributed by atoms with van der Waals surface area (Å²) in [6, 6.07) is 5.37. The zero-order valence-corrected chi connectivity index (χ0v) is 23.6. The molecule has 184 valence electrons. The van der Waals surface area contributed by atoms with Crippen molar-refractivity contribution < 1.29 is 58.0 Å². The van der Waals surface area contributed by atoms with Gasteiger partial charge in [0.1, 0.15) is 0 Å². The van der Waals surface area contributed by atoms with Gasteiger partial charge in [-0.05, 0) is 68.2 Å². The molecule has 0 aliphatic heterocycles. The Morgan fingerprint density at radius 2 is 1.91 bits per heavy atom. The summed E-state index contributed by atoms with van der Waals surface area (Å²) in [5.74, 6) is -0.403. The number of nitrogens with two attached hydrogens (primary N) is 1. The predicted octanol–water partition coefficient (Wildman–Crippen LogP) is 0.244. The minimum atomic E-state index is -4.76. The van der Waals surface area contributed by atoms with Gasteiger partial charge in [0.2, 0.25) is 0 Å². The molecule has 1 atom stereocenters. The zero-order chi connectivity index (χ0) is 24.8. The summed E-state index contributed by atoms with van der Waals surface area (Å²) in [5, 5.41) is 3.39. The SMILES string of the molecule is Cc1cn(-c2ccc(C(N)=O)c(N[C@H]3CC[C@H](OP(=O)([O-])O)CC3)c2)c2c1C(=O)CC(C)(C)C2.[Na+]. The number of fused-ring (bicyclic) bond motifs is 1. The van der Waals surface area contributed by atoms with Gasteiger partial charge in [-0.1, -0.05) is 13.8 Å². The second-order valence-corrected chi connectivity index (χ2v) is 11.4. The number of nitrogens with zero attached hydrogens (tertiary/aromatic N) is 1. The largest absolute Gasteiger partial charge is 1.00 e. The van der Waals surface area contributed by atoms with E-state index < -0.39 is 19.8 Å². The molecule has 0 bridgehead atoms. The average molecular weight is 511 g/mol. The number of aryl methyl sites for hydroxylation is 1. The number of rotatable bonds is 6. The molecule has 2 aliphatic carbocycles. The molecule has 1 aromatic carbocycles. The molecule has 2 aromatic rings. The van der Waals surface area contributed by atoms with Crippen LogP contribution in [0.2, 0.25) is 0 Å². The maximum atomic E-state index is 12.8. The third kappa shape index (κ3) is 6.46. The third-order valence-corrected chi connectivity index (χ3v) is 7.29. The maximum Gasteiger partial charge on any atom is 1.00 e. The first-order chi connectivity index (χ1) is 15.8. The number of aromatic nitrogens is 1. The summed E-state index contributed by atoms with van der Waals surface area (Å²) in [7, 11) is -4.76. The average Bonchev–Trinajstić information content (AvgIpc) is 3.03. The number of hydrogen-bond donors (Lipinski definition) is 3. The van der Waals surface area contributed by atoms with Crippen LogP contribution >= 0.6 is 7.82 Å². The van der Waals surface area contributed by atoms with E-state index in [-0.39, 0.29) is 46.8 Å². The van der Waals surface area contributed by atoms with Crippen molar-refractivity contribution in [1.82, 2.24) is 4.57 Å². The third-order valence-electron chi connectivity index (χ3n) is 6.72. The molecular weight excluding hydrogens is 480 g/mol. The van der Waals surface area contributed by atoms with Crippen molar-refractivity contribution in [3.05, 3.63) is 46.8 Å². The molecule has 1 fully saturated rings. The van der Waals surface area contributed by atoms with E-state index in [1.54, 1.807) is 6.07 Å². The van der Waals surface area contributed by atoms with Gasteiger partial charge in [-0.25, -0.2) is 0 Å². The van der Waals surface area contributed by atoms with E-state index >= 15 is 0 Å². The molecule has 1 amide bonds. The molecule has 2 aliphatic rings. The first-order valence-corrected chi connectivity index (χ1v) is 13.0. The molecule has 11 heteroatoms.